The Kier molecular flexibility index (Phi) is 3.13. The molecule has 0 amide bonds. The minimum Gasteiger partial charge on any atom is -0.396 e. The van der Waals surface area contributed by atoms with E-state index in [-0.39, 0.29) is 0 Å². The summed E-state index contributed by atoms with van der Waals surface area (Å²) in [6.07, 6.45) is 6.15. The van der Waals surface area contributed by atoms with Crippen molar-refractivity contribution < 1.29 is 5.11 Å². The fraction of sp³-hybridized carbons (Fsp3) is 0.800. The van der Waals surface area contributed by atoms with Crippen molar-refractivity contribution in [1.82, 2.24) is 0 Å². The van der Waals surface area contributed by atoms with Crippen molar-refractivity contribution in [3.05, 3.63) is 11.6 Å². The van der Waals surface area contributed by atoms with Gasteiger partial charge in [-0.15, -0.1) is 0 Å². The van der Waals surface area contributed by atoms with Crippen molar-refractivity contribution in [3.8, 4) is 0 Å². The maximum atomic E-state index is 8.96. The SMILES string of the molecule is CC(CO)C1=CCCCC1C. The summed E-state index contributed by atoms with van der Waals surface area (Å²) >= 11 is 0. The Bertz CT molecular complexity index is 149. The van der Waals surface area contributed by atoms with Crippen LogP contribution in [0.25, 0.3) is 0 Å². The van der Waals surface area contributed by atoms with Crippen LogP contribution in [-0.2, 0) is 0 Å². The van der Waals surface area contributed by atoms with E-state index in [4.69, 9.17) is 5.11 Å². The topological polar surface area (TPSA) is 20.2 Å². The normalized spacial score (nSPS) is 27.9. The number of rotatable bonds is 2. The van der Waals surface area contributed by atoms with Gasteiger partial charge in [-0.1, -0.05) is 25.5 Å². The Morgan fingerprint density at radius 2 is 2.45 bits per heavy atom. The van der Waals surface area contributed by atoms with Crippen LogP contribution in [0, 0.1) is 11.8 Å². The average molecular weight is 154 g/mol. The van der Waals surface area contributed by atoms with E-state index in [1.54, 1.807) is 0 Å². The van der Waals surface area contributed by atoms with E-state index in [1.807, 2.05) is 0 Å². The van der Waals surface area contributed by atoms with Gasteiger partial charge in [0.1, 0.15) is 0 Å². The molecule has 0 spiro atoms. The monoisotopic (exact) mass is 154 g/mol. The van der Waals surface area contributed by atoms with Crippen molar-refractivity contribution >= 4 is 0 Å². The Labute approximate surface area is 69.1 Å². The van der Waals surface area contributed by atoms with E-state index in [0.717, 1.165) is 0 Å². The number of aliphatic hydroxyl groups is 1. The summed E-state index contributed by atoms with van der Waals surface area (Å²) in [7, 11) is 0. The van der Waals surface area contributed by atoms with E-state index in [0.29, 0.717) is 18.4 Å². The van der Waals surface area contributed by atoms with Gasteiger partial charge in [-0.25, -0.2) is 0 Å². The smallest absolute Gasteiger partial charge is 0.0493 e. The minimum atomic E-state index is 0.302. The highest BCUT2D eigenvalue weighted by Crippen LogP contribution is 2.29. The molecule has 0 fully saturated rings. The third-order valence-corrected chi connectivity index (χ3v) is 2.63. The Balaban J connectivity index is 2.59. The van der Waals surface area contributed by atoms with Crippen LogP contribution in [0.1, 0.15) is 33.1 Å². The lowest BCUT2D eigenvalue weighted by molar-refractivity contribution is 0.245. The van der Waals surface area contributed by atoms with E-state index in [1.165, 1.54) is 24.8 Å². The second kappa shape index (κ2) is 3.91. The molecule has 64 valence electrons. The fourth-order valence-corrected chi connectivity index (χ4v) is 1.85. The van der Waals surface area contributed by atoms with Crippen molar-refractivity contribution in [2.75, 3.05) is 6.61 Å². The first-order chi connectivity index (χ1) is 5.25. The summed E-state index contributed by atoms with van der Waals surface area (Å²) in [6, 6.07) is 0. The molecular weight excluding hydrogens is 136 g/mol. The Morgan fingerprint density at radius 1 is 1.73 bits per heavy atom. The summed E-state index contributed by atoms with van der Waals surface area (Å²) < 4.78 is 0. The van der Waals surface area contributed by atoms with Gasteiger partial charge in [-0.3, -0.25) is 0 Å². The van der Waals surface area contributed by atoms with E-state index < -0.39 is 0 Å². The highest BCUT2D eigenvalue weighted by Gasteiger charge is 2.17. The average Bonchev–Trinajstić information content (AvgIpc) is 2.04. The maximum absolute atomic E-state index is 8.96. The lowest BCUT2D eigenvalue weighted by atomic mass is 9.83. The molecular formula is C10H18O. The first-order valence-corrected chi connectivity index (χ1v) is 4.56. The molecule has 1 nitrogen and oxygen atoms in total. The quantitative estimate of drug-likeness (QED) is 0.605. The molecule has 1 aliphatic rings. The highest BCUT2D eigenvalue weighted by atomic mass is 16.3. The molecule has 1 aliphatic carbocycles. The first kappa shape index (κ1) is 8.79. The van der Waals surface area contributed by atoms with Crippen LogP contribution in [0.2, 0.25) is 0 Å². The third kappa shape index (κ3) is 2.06. The molecule has 0 aromatic carbocycles. The van der Waals surface area contributed by atoms with Crippen LogP contribution in [0.5, 0.6) is 0 Å². The highest BCUT2D eigenvalue weighted by molar-refractivity contribution is 5.11. The van der Waals surface area contributed by atoms with Crippen LogP contribution in [0.3, 0.4) is 0 Å². The van der Waals surface area contributed by atoms with Crippen LogP contribution in [0.15, 0.2) is 11.6 Å². The van der Waals surface area contributed by atoms with Gasteiger partial charge < -0.3 is 5.11 Å². The summed E-state index contributed by atoms with van der Waals surface area (Å²) in [5.74, 6) is 1.08. The Morgan fingerprint density at radius 3 is 3.00 bits per heavy atom. The van der Waals surface area contributed by atoms with Gasteiger partial charge in [0.25, 0.3) is 0 Å². The van der Waals surface area contributed by atoms with Gasteiger partial charge in [0.2, 0.25) is 0 Å². The zero-order chi connectivity index (χ0) is 8.27. The summed E-state index contributed by atoms with van der Waals surface area (Å²) in [5.41, 5.74) is 1.47. The van der Waals surface area contributed by atoms with Crippen LogP contribution in [-0.4, -0.2) is 11.7 Å². The zero-order valence-electron chi connectivity index (χ0n) is 7.51. The van der Waals surface area contributed by atoms with Crippen LogP contribution >= 0.6 is 0 Å². The van der Waals surface area contributed by atoms with Gasteiger partial charge in [0.05, 0.1) is 0 Å². The number of hydrogen-bond acceptors (Lipinski definition) is 1. The van der Waals surface area contributed by atoms with Gasteiger partial charge in [0, 0.05) is 12.5 Å². The summed E-state index contributed by atoms with van der Waals surface area (Å²) in [5, 5.41) is 8.96. The van der Waals surface area contributed by atoms with Crippen molar-refractivity contribution in [2.24, 2.45) is 11.8 Å². The maximum Gasteiger partial charge on any atom is 0.0493 e. The molecule has 1 heteroatoms. The molecule has 0 aromatic heterocycles. The first-order valence-electron chi connectivity index (χ1n) is 4.56. The molecule has 0 bridgehead atoms. The van der Waals surface area contributed by atoms with Crippen LogP contribution < -0.4 is 0 Å². The molecule has 0 aromatic rings. The molecule has 0 heterocycles. The van der Waals surface area contributed by atoms with Gasteiger partial charge in [-0.2, -0.15) is 0 Å². The molecule has 1 N–H and O–H groups in total. The lowest BCUT2D eigenvalue weighted by Crippen LogP contribution is -2.14. The molecule has 1 rings (SSSR count). The third-order valence-electron chi connectivity index (χ3n) is 2.63. The molecule has 2 unspecified atom stereocenters. The predicted molar refractivity (Wildman–Crippen MR) is 47.3 cm³/mol. The van der Waals surface area contributed by atoms with Crippen molar-refractivity contribution in [1.29, 1.82) is 0 Å². The molecule has 11 heavy (non-hydrogen) atoms. The molecule has 0 saturated heterocycles. The van der Waals surface area contributed by atoms with E-state index >= 15 is 0 Å². The predicted octanol–water partition coefficient (Wildman–Crippen LogP) is 2.36. The molecule has 0 aliphatic heterocycles. The Hall–Kier alpha value is -0.300. The lowest BCUT2D eigenvalue weighted by Gasteiger charge is -2.24. The zero-order valence-corrected chi connectivity index (χ0v) is 7.51. The van der Waals surface area contributed by atoms with Gasteiger partial charge in [-0.05, 0) is 25.2 Å². The van der Waals surface area contributed by atoms with Crippen LogP contribution in [0.4, 0.5) is 0 Å². The van der Waals surface area contributed by atoms with Crippen molar-refractivity contribution in [3.63, 3.8) is 0 Å². The molecule has 0 saturated carbocycles. The fourth-order valence-electron chi connectivity index (χ4n) is 1.85. The number of allylic oxidation sites excluding steroid dienone is 1. The molecule has 0 radical (unpaired) electrons. The van der Waals surface area contributed by atoms with E-state index in [9.17, 15) is 0 Å². The minimum absolute atomic E-state index is 0.302. The summed E-state index contributed by atoms with van der Waals surface area (Å²) in [6.45, 7) is 4.67. The standard InChI is InChI=1S/C10H18O/c1-8-5-3-4-6-10(8)9(2)7-11/h6,8-9,11H,3-5,7H2,1-2H3. The largest absolute Gasteiger partial charge is 0.396 e. The summed E-state index contributed by atoms with van der Waals surface area (Å²) in [4.78, 5) is 0. The van der Waals surface area contributed by atoms with Gasteiger partial charge >= 0.3 is 0 Å². The second-order valence-corrected chi connectivity index (χ2v) is 3.62. The van der Waals surface area contributed by atoms with Crippen molar-refractivity contribution in [2.45, 2.75) is 33.1 Å². The molecule has 2 atom stereocenters. The number of aliphatic hydroxyl groups excluding tert-OH is 1. The second-order valence-electron chi connectivity index (χ2n) is 3.62. The van der Waals surface area contributed by atoms with E-state index in [2.05, 4.69) is 19.9 Å². The number of hydrogen-bond donors (Lipinski definition) is 1. The van der Waals surface area contributed by atoms with Gasteiger partial charge in [0.15, 0.2) is 0 Å².